The first kappa shape index (κ1) is 14.6. The summed E-state index contributed by atoms with van der Waals surface area (Å²) >= 11 is 0. The number of rotatable bonds is 5. The summed E-state index contributed by atoms with van der Waals surface area (Å²) in [5.41, 5.74) is 5.81. The standard InChI is InChI=1S/C12H21N3O3/c1-3-5-6-8(13)12(18)15-7-10(16)14-11(17)9(15)4-2/h8-9H,3-7,13H2,1-2H3,(H,14,16,17)/t8-,9?/m0/s1. The largest absolute Gasteiger partial charge is 0.320 e. The van der Waals surface area contributed by atoms with Gasteiger partial charge in [0.15, 0.2) is 0 Å². The van der Waals surface area contributed by atoms with Gasteiger partial charge in [-0.15, -0.1) is 0 Å². The molecule has 6 heteroatoms. The van der Waals surface area contributed by atoms with Gasteiger partial charge in [0.05, 0.1) is 6.04 Å². The molecule has 3 N–H and O–H groups in total. The Kier molecular flexibility index (Phi) is 5.27. The van der Waals surface area contributed by atoms with Crippen LogP contribution >= 0.6 is 0 Å². The van der Waals surface area contributed by atoms with Crippen molar-refractivity contribution in [2.75, 3.05) is 6.54 Å². The first-order valence-electron chi connectivity index (χ1n) is 6.41. The van der Waals surface area contributed by atoms with Crippen molar-refractivity contribution in [2.24, 2.45) is 5.73 Å². The van der Waals surface area contributed by atoms with Gasteiger partial charge in [0.25, 0.3) is 0 Å². The predicted molar refractivity (Wildman–Crippen MR) is 66.4 cm³/mol. The smallest absolute Gasteiger partial charge is 0.249 e. The third-order valence-corrected chi connectivity index (χ3v) is 3.11. The highest BCUT2D eigenvalue weighted by atomic mass is 16.2. The van der Waals surface area contributed by atoms with Crippen molar-refractivity contribution in [3.63, 3.8) is 0 Å². The SMILES string of the molecule is CCCC[C@H](N)C(=O)N1CC(=O)NC(=O)C1CC. The van der Waals surface area contributed by atoms with Gasteiger partial charge in [-0.25, -0.2) is 0 Å². The number of hydrogen-bond acceptors (Lipinski definition) is 4. The van der Waals surface area contributed by atoms with Crippen LogP contribution in [0.2, 0.25) is 0 Å². The minimum absolute atomic E-state index is 0.0805. The van der Waals surface area contributed by atoms with Crippen molar-refractivity contribution in [3.8, 4) is 0 Å². The number of piperazine rings is 1. The van der Waals surface area contributed by atoms with Crippen molar-refractivity contribution in [1.82, 2.24) is 10.2 Å². The number of carbonyl (C=O) groups is 3. The van der Waals surface area contributed by atoms with E-state index in [1.807, 2.05) is 6.92 Å². The Morgan fingerprint density at radius 3 is 2.72 bits per heavy atom. The van der Waals surface area contributed by atoms with Gasteiger partial charge < -0.3 is 10.6 Å². The van der Waals surface area contributed by atoms with E-state index in [1.165, 1.54) is 4.90 Å². The van der Waals surface area contributed by atoms with E-state index in [-0.39, 0.29) is 12.5 Å². The Morgan fingerprint density at radius 1 is 1.50 bits per heavy atom. The fourth-order valence-corrected chi connectivity index (χ4v) is 2.06. The second-order valence-corrected chi connectivity index (χ2v) is 4.55. The first-order chi connectivity index (χ1) is 8.51. The van der Waals surface area contributed by atoms with E-state index < -0.39 is 23.9 Å². The number of carbonyl (C=O) groups excluding carboxylic acids is 3. The molecule has 2 atom stereocenters. The molecule has 102 valence electrons. The second kappa shape index (κ2) is 6.49. The fraction of sp³-hybridized carbons (Fsp3) is 0.750. The van der Waals surface area contributed by atoms with Crippen LogP contribution in [-0.4, -0.2) is 41.2 Å². The molecule has 0 radical (unpaired) electrons. The van der Waals surface area contributed by atoms with E-state index in [9.17, 15) is 14.4 Å². The van der Waals surface area contributed by atoms with E-state index in [2.05, 4.69) is 5.32 Å². The van der Waals surface area contributed by atoms with Crippen LogP contribution in [-0.2, 0) is 14.4 Å². The Balaban J connectivity index is 2.74. The summed E-state index contributed by atoms with van der Waals surface area (Å²) in [7, 11) is 0. The highest BCUT2D eigenvalue weighted by Crippen LogP contribution is 2.12. The maximum atomic E-state index is 12.1. The Morgan fingerprint density at radius 2 is 2.17 bits per heavy atom. The van der Waals surface area contributed by atoms with Crippen molar-refractivity contribution < 1.29 is 14.4 Å². The lowest BCUT2D eigenvalue weighted by molar-refractivity contribution is -0.150. The third kappa shape index (κ3) is 3.29. The van der Waals surface area contributed by atoms with Gasteiger partial charge in [-0.05, 0) is 12.8 Å². The van der Waals surface area contributed by atoms with Gasteiger partial charge in [-0.1, -0.05) is 26.7 Å². The zero-order valence-corrected chi connectivity index (χ0v) is 10.9. The van der Waals surface area contributed by atoms with Gasteiger partial charge in [0.2, 0.25) is 17.7 Å². The fourth-order valence-electron chi connectivity index (χ4n) is 2.06. The number of nitrogens with zero attached hydrogens (tertiary/aromatic N) is 1. The van der Waals surface area contributed by atoms with Crippen molar-refractivity contribution in [3.05, 3.63) is 0 Å². The minimum Gasteiger partial charge on any atom is -0.320 e. The molecule has 18 heavy (non-hydrogen) atoms. The molecule has 0 aromatic heterocycles. The van der Waals surface area contributed by atoms with Crippen molar-refractivity contribution in [1.29, 1.82) is 0 Å². The molecule has 0 aromatic carbocycles. The number of nitrogens with one attached hydrogen (secondary N) is 1. The lowest BCUT2D eigenvalue weighted by atomic mass is 10.0. The monoisotopic (exact) mass is 255 g/mol. The van der Waals surface area contributed by atoms with Crippen LogP contribution in [0.25, 0.3) is 0 Å². The van der Waals surface area contributed by atoms with Crippen molar-refractivity contribution in [2.45, 2.75) is 51.6 Å². The molecular formula is C12H21N3O3. The summed E-state index contributed by atoms with van der Waals surface area (Å²) in [4.78, 5) is 36.4. The number of unbranched alkanes of at least 4 members (excludes halogenated alkanes) is 1. The second-order valence-electron chi connectivity index (χ2n) is 4.55. The summed E-state index contributed by atoms with van der Waals surface area (Å²) in [5.74, 6) is -1.16. The van der Waals surface area contributed by atoms with Crippen LogP contribution in [0.15, 0.2) is 0 Å². The minimum atomic E-state index is -0.627. The number of amides is 3. The van der Waals surface area contributed by atoms with Crippen LogP contribution < -0.4 is 11.1 Å². The normalized spacial score (nSPS) is 21.7. The summed E-state index contributed by atoms with van der Waals surface area (Å²) in [5, 5.41) is 2.23. The van der Waals surface area contributed by atoms with Crippen LogP contribution in [0.5, 0.6) is 0 Å². The molecular weight excluding hydrogens is 234 g/mol. The van der Waals surface area contributed by atoms with Gasteiger partial charge in [-0.2, -0.15) is 0 Å². The van der Waals surface area contributed by atoms with E-state index in [4.69, 9.17) is 5.73 Å². The summed E-state index contributed by atoms with van der Waals surface area (Å²) in [6, 6.07) is -1.21. The van der Waals surface area contributed by atoms with Gasteiger partial charge in [0.1, 0.15) is 12.6 Å². The lowest BCUT2D eigenvalue weighted by Crippen LogP contribution is -2.62. The maximum absolute atomic E-state index is 12.1. The molecule has 6 nitrogen and oxygen atoms in total. The van der Waals surface area contributed by atoms with E-state index in [0.29, 0.717) is 12.8 Å². The number of hydrogen-bond donors (Lipinski definition) is 2. The highest BCUT2D eigenvalue weighted by Gasteiger charge is 2.36. The molecule has 1 rings (SSSR count). The topological polar surface area (TPSA) is 92.5 Å². The van der Waals surface area contributed by atoms with Gasteiger partial charge in [0, 0.05) is 0 Å². The van der Waals surface area contributed by atoms with E-state index in [0.717, 1.165) is 12.8 Å². The molecule has 1 saturated heterocycles. The predicted octanol–water partition coefficient (Wildman–Crippen LogP) is -0.232. The zero-order valence-electron chi connectivity index (χ0n) is 10.9. The molecule has 1 aliphatic heterocycles. The molecule has 0 spiro atoms. The molecule has 0 aliphatic carbocycles. The lowest BCUT2D eigenvalue weighted by Gasteiger charge is -2.34. The molecule has 1 heterocycles. The highest BCUT2D eigenvalue weighted by molar-refractivity contribution is 6.04. The summed E-state index contributed by atoms with van der Waals surface area (Å²) in [6.45, 7) is 3.74. The number of imide groups is 1. The third-order valence-electron chi connectivity index (χ3n) is 3.11. The molecule has 1 aliphatic rings. The molecule has 0 saturated carbocycles. The molecule has 1 unspecified atom stereocenters. The summed E-state index contributed by atoms with van der Waals surface area (Å²) in [6.07, 6.45) is 2.87. The molecule has 0 aromatic rings. The quantitative estimate of drug-likeness (QED) is 0.664. The summed E-state index contributed by atoms with van der Waals surface area (Å²) < 4.78 is 0. The Hall–Kier alpha value is -1.43. The average molecular weight is 255 g/mol. The zero-order chi connectivity index (χ0) is 13.7. The van der Waals surface area contributed by atoms with Crippen molar-refractivity contribution >= 4 is 17.7 Å². The molecule has 0 bridgehead atoms. The van der Waals surface area contributed by atoms with Gasteiger partial charge in [-0.3, -0.25) is 19.7 Å². The van der Waals surface area contributed by atoms with Gasteiger partial charge >= 0.3 is 0 Å². The van der Waals surface area contributed by atoms with Crippen LogP contribution in [0.1, 0.15) is 39.5 Å². The van der Waals surface area contributed by atoms with Crippen LogP contribution in [0, 0.1) is 0 Å². The van der Waals surface area contributed by atoms with Crippen LogP contribution in [0.4, 0.5) is 0 Å². The number of nitrogens with two attached hydrogens (primary N) is 1. The van der Waals surface area contributed by atoms with E-state index >= 15 is 0 Å². The average Bonchev–Trinajstić information content (AvgIpc) is 2.34. The Bertz CT molecular complexity index is 343. The van der Waals surface area contributed by atoms with E-state index in [1.54, 1.807) is 6.92 Å². The maximum Gasteiger partial charge on any atom is 0.249 e. The first-order valence-corrected chi connectivity index (χ1v) is 6.41. The molecule has 1 fully saturated rings. The molecule has 3 amide bonds. The van der Waals surface area contributed by atoms with Crippen LogP contribution in [0.3, 0.4) is 0 Å². The Labute approximate surface area is 107 Å².